The first-order valence-corrected chi connectivity index (χ1v) is 9.37. The second-order valence-corrected chi connectivity index (χ2v) is 7.25. The molecule has 0 N–H and O–H groups in total. The molecule has 0 bridgehead atoms. The van der Waals surface area contributed by atoms with Gasteiger partial charge in [0.05, 0.1) is 5.92 Å². The lowest BCUT2D eigenvalue weighted by molar-refractivity contribution is -0.152. The highest BCUT2D eigenvalue weighted by Gasteiger charge is 2.43. The molecule has 0 unspecified atom stereocenters. The smallest absolute Gasteiger partial charge is 0.245 e. The Kier molecular flexibility index (Phi) is 4.49. The van der Waals surface area contributed by atoms with Crippen molar-refractivity contribution in [2.24, 2.45) is 0 Å². The molecule has 2 heterocycles. The zero-order valence-corrected chi connectivity index (χ0v) is 15.0. The van der Waals surface area contributed by atoms with E-state index >= 15 is 0 Å². The molecule has 0 spiro atoms. The van der Waals surface area contributed by atoms with Gasteiger partial charge in [-0.1, -0.05) is 60.7 Å². The van der Waals surface area contributed by atoms with Gasteiger partial charge in [0.25, 0.3) is 0 Å². The summed E-state index contributed by atoms with van der Waals surface area (Å²) in [7, 11) is 0. The number of benzene rings is 2. The van der Waals surface area contributed by atoms with Crippen LogP contribution in [0, 0.1) is 0 Å². The van der Waals surface area contributed by atoms with Crippen LogP contribution >= 0.6 is 0 Å². The van der Waals surface area contributed by atoms with Crippen LogP contribution in [0.5, 0.6) is 0 Å². The minimum atomic E-state index is -0.397. The molecule has 2 fully saturated rings. The largest absolute Gasteiger partial charge is 0.336 e. The van der Waals surface area contributed by atoms with Crippen molar-refractivity contribution < 1.29 is 9.59 Å². The van der Waals surface area contributed by atoms with Crippen LogP contribution < -0.4 is 0 Å². The summed E-state index contributed by atoms with van der Waals surface area (Å²) in [5.74, 6) is -0.262. The van der Waals surface area contributed by atoms with E-state index < -0.39 is 6.04 Å². The quantitative estimate of drug-likeness (QED) is 0.855. The van der Waals surface area contributed by atoms with Gasteiger partial charge in [-0.05, 0) is 30.9 Å². The van der Waals surface area contributed by atoms with Crippen molar-refractivity contribution in [3.63, 3.8) is 0 Å². The average Bonchev–Trinajstić information content (AvgIpc) is 3.15. The summed E-state index contributed by atoms with van der Waals surface area (Å²) in [4.78, 5) is 30.1. The summed E-state index contributed by atoms with van der Waals surface area (Å²) in [6, 6.07) is 19.5. The Morgan fingerprint density at radius 3 is 2.15 bits per heavy atom. The Morgan fingerprint density at radius 2 is 1.58 bits per heavy atom. The molecule has 2 aliphatic rings. The molecule has 4 heteroatoms. The number of rotatable bonds is 3. The molecule has 26 heavy (non-hydrogen) atoms. The summed E-state index contributed by atoms with van der Waals surface area (Å²) < 4.78 is 0. The Balaban J connectivity index is 1.69. The lowest BCUT2D eigenvalue weighted by atomic mass is 9.89. The maximum absolute atomic E-state index is 13.6. The van der Waals surface area contributed by atoms with Crippen LogP contribution in [-0.2, 0) is 9.59 Å². The van der Waals surface area contributed by atoms with Gasteiger partial charge in [-0.15, -0.1) is 0 Å². The normalized spacial score (nSPS) is 22.6. The number of fused-ring (bicyclic) bond motifs is 1. The highest BCUT2D eigenvalue weighted by molar-refractivity contribution is 5.93. The van der Waals surface area contributed by atoms with Gasteiger partial charge in [-0.3, -0.25) is 9.59 Å². The van der Waals surface area contributed by atoms with Crippen LogP contribution in [0.15, 0.2) is 60.7 Å². The zero-order chi connectivity index (χ0) is 18.1. The first-order valence-electron chi connectivity index (χ1n) is 9.37. The number of nitrogens with zero attached hydrogens (tertiary/aromatic N) is 2. The molecule has 4 nitrogen and oxygen atoms in total. The molecule has 2 saturated heterocycles. The first kappa shape index (κ1) is 16.8. The summed E-state index contributed by atoms with van der Waals surface area (Å²) in [5.41, 5.74) is 1.94. The van der Waals surface area contributed by atoms with E-state index in [4.69, 9.17) is 0 Å². The molecule has 2 atom stereocenters. The highest BCUT2D eigenvalue weighted by atomic mass is 16.2. The standard InChI is InChI=1S/C22H24N2O2/c1-16-21(25)23-14-8-13-19(23)15-24(16)22(26)20(17-9-4-2-5-10-17)18-11-6-3-7-12-18/h2-7,9-12,16,19-20H,8,13-15H2,1H3/t16-,19+/m1/s1. The van der Waals surface area contributed by atoms with E-state index in [1.54, 1.807) is 4.90 Å². The van der Waals surface area contributed by atoms with E-state index in [0.29, 0.717) is 6.54 Å². The van der Waals surface area contributed by atoms with E-state index in [1.807, 2.05) is 72.5 Å². The van der Waals surface area contributed by atoms with Crippen LogP contribution in [0.4, 0.5) is 0 Å². The Morgan fingerprint density at radius 1 is 1.00 bits per heavy atom. The minimum Gasteiger partial charge on any atom is -0.336 e. The molecule has 2 amide bonds. The maximum Gasteiger partial charge on any atom is 0.245 e. The third kappa shape index (κ3) is 2.90. The van der Waals surface area contributed by atoms with Crippen LogP contribution in [-0.4, -0.2) is 46.8 Å². The molecule has 0 radical (unpaired) electrons. The summed E-state index contributed by atoms with van der Waals surface area (Å²) in [5, 5.41) is 0. The fraction of sp³-hybridized carbons (Fsp3) is 0.364. The molecule has 0 aromatic heterocycles. The van der Waals surface area contributed by atoms with Gasteiger partial charge in [-0.2, -0.15) is 0 Å². The Labute approximate surface area is 154 Å². The van der Waals surface area contributed by atoms with Gasteiger partial charge in [0.2, 0.25) is 11.8 Å². The predicted molar refractivity (Wildman–Crippen MR) is 101 cm³/mol. The lowest BCUT2D eigenvalue weighted by Gasteiger charge is -2.42. The fourth-order valence-electron chi connectivity index (χ4n) is 4.29. The lowest BCUT2D eigenvalue weighted by Crippen LogP contribution is -2.60. The highest BCUT2D eigenvalue weighted by Crippen LogP contribution is 2.31. The number of hydrogen-bond donors (Lipinski definition) is 0. The number of carbonyl (C=O) groups excluding carboxylic acids is 2. The Hall–Kier alpha value is -2.62. The molecule has 134 valence electrons. The minimum absolute atomic E-state index is 0.0230. The predicted octanol–water partition coefficient (Wildman–Crippen LogP) is 3.04. The van der Waals surface area contributed by atoms with Crippen molar-refractivity contribution in [2.45, 2.75) is 37.8 Å². The van der Waals surface area contributed by atoms with Gasteiger partial charge < -0.3 is 9.80 Å². The number of hydrogen-bond acceptors (Lipinski definition) is 2. The van der Waals surface area contributed by atoms with E-state index in [0.717, 1.165) is 30.5 Å². The number of amides is 2. The van der Waals surface area contributed by atoms with Crippen molar-refractivity contribution >= 4 is 11.8 Å². The zero-order valence-electron chi connectivity index (χ0n) is 15.0. The number of carbonyl (C=O) groups is 2. The molecule has 2 aromatic rings. The van der Waals surface area contributed by atoms with Crippen LogP contribution in [0.2, 0.25) is 0 Å². The van der Waals surface area contributed by atoms with Crippen molar-refractivity contribution in [3.8, 4) is 0 Å². The van der Waals surface area contributed by atoms with E-state index in [1.165, 1.54) is 0 Å². The molecule has 4 rings (SSSR count). The monoisotopic (exact) mass is 348 g/mol. The van der Waals surface area contributed by atoms with Gasteiger partial charge in [0.15, 0.2) is 0 Å². The summed E-state index contributed by atoms with van der Waals surface area (Å²) >= 11 is 0. The van der Waals surface area contributed by atoms with Gasteiger partial charge in [0.1, 0.15) is 6.04 Å². The molecular weight excluding hydrogens is 324 g/mol. The van der Waals surface area contributed by atoms with Crippen LogP contribution in [0.1, 0.15) is 36.8 Å². The third-order valence-electron chi connectivity index (χ3n) is 5.69. The molecular formula is C22H24N2O2. The topological polar surface area (TPSA) is 40.6 Å². The molecule has 0 aliphatic carbocycles. The van der Waals surface area contributed by atoms with Crippen molar-refractivity contribution in [1.82, 2.24) is 9.80 Å². The van der Waals surface area contributed by atoms with Crippen molar-refractivity contribution in [3.05, 3.63) is 71.8 Å². The van der Waals surface area contributed by atoms with Crippen molar-refractivity contribution in [1.29, 1.82) is 0 Å². The summed E-state index contributed by atoms with van der Waals surface area (Å²) in [6.07, 6.45) is 2.02. The summed E-state index contributed by atoms with van der Waals surface area (Å²) in [6.45, 7) is 3.33. The first-order chi connectivity index (χ1) is 12.7. The third-order valence-corrected chi connectivity index (χ3v) is 5.69. The molecule has 0 saturated carbocycles. The van der Waals surface area contributed by atoms with Crippen molar-refractivity contribution in [2.75, 3.05) is 13.1 Å². The van der Waals surface area contributed by atoms with Gasteiger partial charge in [0, 0.05) is 19.1 Å². The maximum atomic E-state index is 13.6. The second-order valence-electron chi connectivity index (χ2n) is 7.25. The fourth-order valence-corrected chi connectivity index (χ4v) is 4.29. The van der Waals surface area contributed by atoms with Gasteiger partial charge >= 0.3 is 0 Å². The van der Waals surface area contributed by atoms with Gasteiger partial charge in [-0.25, -0.2) is 0 Å². The number of piperazine rings is 1. The van der Waals surface area contributed by atoms with E-state index in [2.05, 4.69) is 0 Å². The average molecular weight is 348 g/mol. The van der Waals surface area contributed by atoms with E-state index in [9.17, 15) is 9.59 Å². The molecule has 2 aromatic carbocycles. The van der Waals surface area contributed by atoms with Crippen LogP contribution in [0.25, 0.3) is 0 Å². The van der Waals surface area contributed by atoms with Crippen LogP contribution in [0.3, 0.4) is 0 Å². The Bertz CT molecular complexity index is 751. The van der Waals surface area contributed by atoms with E-state index in [-0.39, 0.29) is 23.8 Å². The SMILES string of the molecule is C[C@@H]1C(=O)N2CCC[C@H]2CN1C(=O)C(c1ccccc1)c1ccccc1. The molecule has 2 aliphatic heterocycles. The second kappa shape index (κ2) is 6.94.